The number of nitrogens with zero attached hydrogens (tertiary/aromatic N) is 2. The van der Waals surface area contributed by atoms with Crippen molar-refractivity contribution in [3.8, 4) is 5.75 Å². The van der Waals surface area contributed by atoms with Crippen molar-refractivity contribution in [2.24, 2.45) is 0 Å². The standard InChI is InChI=1S/C23H26ClN3O3/c24-17-7-1-4-10-20(17)29-16-6-14-27-19-9-3-2-8-18(19)26-22(27)12-13-25-23(28)21-11-5-15-30-21/h1-4,7-10,21H,5-6,11-16H2,(H,25,28). The van der Waals surface area contributed by atoms with Crippen LogP contribution in [0.1, 0.15) is 25.1 Å². The largest absolute Gasteiger partial charge is 0.492 e. The number of nitrogens with one attached hydrogen (secondary N) is 1. The summed E-state index contributed by atoms with van der Waals surface area (Å²) in [6.45, 7) is 2.55. The van der Waals surface area contributed by atoms with Gasteiger partial charge < -0.3 is 19.4 Å². The molecule has 0 saturated carbocycles. The maximum absolute atomic E-state index is 12.2. The van der Waals surface area contributed by atoms with E-state index in [-0.39, 0.29) is 12.0 Å². The Hall–Kier alpha value is -2.57. The number of benzene rings is 2. The first kappa shape index (κ1) is 20.7. The van der Waals surface area contributed by atoms with E-state index in [1.54, 1.807) is 0 Å². The molecule has 1 aliphatic heterocycles. The van der Waals surface area contributed by atoms with Gasteiger partial charge in [-0.15, -0.1) is 0 Å². The quantitative estimate of drug-likeness (QED) is 0.524. The Kier molecular flexibility index (Phi) is 6.87. The van der Waals surface area contributed by atoms with Gasteiger partial charge in [-0.25, -0.2) is 4.98 Å². The van der Waals surface area contributed by atoms with E-state index in [2.05, 4.69) is 16.0 Å². The van der Waals surface area contributed by atoms with E-state index in [4.69, 9.17) is 26.1 Å². The summed E-state index contributed by atoms with van der Waals surface area (Å²) < 4.78 is 13.5. The lowest BCUT2D eigenvalue weighted by molar-refractivity contribution is -0.130. The first-order chi connectivity index (χ1) is 14.7. The topological polar surface area (TPSA) is 65.4 Å². The Labute approximate surface area is 181 Å². The van der Waals surface area contributed by atoms with Crippen molar-refractivity contribution >= 4 is 28.5 Å². The predicted octanol–water partition coefficient (Wildman–Crippen LogP) is 4.00. The van der Waals surface area contributed by atoms with Gasteiger partial charge in [-0.05, 0) is 43.5 Å². The average molecular weight is 428 g/mol. The molecule has 1 fully saturated rings. The molecule has 0 bridgehead atoms. The number of fused-ring (bicyclic) bond motifs is 1. The summed E-state index contributed by atoms with van der Waals surface area (Å²) in [5.74, 6) is 1.64. The molecule has 2 aromatic carbocycles. The first-order valence-corrected chi connectivity index (χ1v) is 10.8. The monoisotopic (exact) mass is 427 g/mol. The number of carbonyl (C=O) groups is 1. The van der Waals surface area contributed by atoms with Crippen LogP contribution in [0.2, 0.25) is 5.02 Å². The number of hydrogen-bond acceptors (Lipinski definition) is 4. The zero-order chi connectivity index (χ0) is 20.8. The minimum atomic E-state index is -0.300. The molecule has 3 aromatic rings. The third-order valence-corrected chi connectivity index (χ3v) is 5.54. The van der Waals surface area contributed by atoms with Crippen LogP contribution >= 0.6 is 11.6 Å². The van der Waals surface area contributed by atoms with E-state index in [0.29, 0.717) is 37.0 Å². The molecular weight excluding hydrogens is 402 g/mol. The summed E-state index contributed by atoms with van der Waals surface area (Å²) in [4.78, 5) is 17.0. The van der Waals surface area contributed by atoms with Crippen LogP contribution in [0.3, 0.4) is 0 Å². The van der Waals surface area contributed by atoms with Crippen molar-refractivity contribution in [2.45, 2.75) is 38.3 Å². The molecule has 2 heterocycles. The van der Waals surface area contributed by atoms with Crippen molar-refractivity contribution in [1.29, 1.82) is 0 Å². The lowest BCUT2D eigenvalue weighted by Crippen LogP contribution is -2.35. The lowest BCUT2D eigenvalue weighted by atomic mass is 10.2. The van der Waals surface area contributed by atoms with Gasteiger partial charge in [0.05, 0.1) is 22.7 Å². The molecule has 1 saturated heterocycles. The normalized spacial score (nSPS) is 16.1. The molecule has 1 N–H and O–H groups in total. The number of aromatic nitrogens is 2. The molecule has 30 heavy (non-hydrogen) atoms. The Morgan fingerprint density at radius 1 is 1.23 bits per heavy atom. The van der Waals surface area contributed by atoms with E-state index < -0.39 is 0 Å². The molecule has 1 atom stereocenters. The fourth-order valence-corrected chi connectivity index (χ4v) is 3.92. The van der Waals surface area contributed by atoms with Gasteiger partial charge >= 0.3 is 0 Å². The zero-order valence-corrected chi connectivity index (χ0v) is 17.6. The number of ether oxygens (including phenoxy) is 2. The van der Waals surface area contributed by atoms with Crippen LogP contribution in [0.5, 0.6) is 5.75 Å². The van der Waals surface area contributed by atoms with Crippen molar-refractivity contribution in [2.75, 3.05) is 19.8 Å². The van der Waals surface area contributed by atoms with E-state index in [1.165, 1.54) is 0 Å². The van der Waals surface area contributed by atoms with Gasteiger partial charge in [0.25, 0.3) is 0 Å². The first-order valence-electron chi connectivity index (χ1n) is 10.4. The Morgan fingerprint density at radius 3 is 2.90 bits per heavy atom. The zero-order valence-electron chi connectivity index (χ0n) is 16.9. The molecule has 0 aliphatic carbocycles. The average Bonchev–Trinajstić information content (AvgIpc) is 3.41. The van der Waals surface area contributed by atoms with Crippen LogP contribution in [0.4, 0.5) is 0 Å². The minimum Gasteiger partial charge on any atom is -0.492 e. The van der Waals surface area contributed by atoms with E-state index >= 15 is 0 Å². The van der Waals surface area contributed by atoms with Crippen molar-refractivity contribution < 1.29 is 14.3 Å². The second-order valence-corrected chi connectivity index (χ2v) is 7.75. The van der Waals surface area contributed by atoms with Crippen LogP contribution in [-0.4, -0.2) is 41.3 Å². The number of halogens is 1. The molecule has 1 amide bonds. The van der Waals surface area contributed by atoms with Crippen molar-refractivity contribution in [3.63, 3.8) is 0 Å². The molecular formula is C23H26ClN3O3. The van der Waals surface area contributed by atoms with Crippen LogP contribution in [-0.2, 0) is 22.5 Å². The molecule has 6 nitrogen and oxygen atoms in total. The number of para-hydroxylation sites is 3. The molecule has 1 aromatic heterocycles. The summed E-state index contributed by atoms with van der Waals surface area (Å²) in [5, 5.41) is 3.60. The number of carbonyl (C=O) groups excluding carboxylic acids is 1. The predicted molar refractivity (Wildman–Crippen MR) is 117 cm³/mol. The molecule has 7 heteroatoms. The van der Waals surface area contributed by atoms with E-state index in [9.17, 15) is 4.79 Å². The van der Waals surface area contributed by atoms with Crippen LogP contribution < -0.4 is 10.1 Å². The van der Waals surface area contributed by atoms with Crippen LogP contribution in [0.15, 0.2) is 48.5 Å². The molecule has 0 spiro atoms. The Bertz CT molecular complexity index is 998. The fraction of sp³-hybridized carbons (Fsp3) is 0.391. The highest BCUT2D eigenvalue weighted by Gasteiger charge is 2.23. The summed E-state index contributed by atoms with van der Waals surface area (Å²) in [5.41, 5.74) is 2.06. The molecule has 1 aliphatic rings. The number of aryl methyl sites for hydroxylation is 1. The number of rotatable bonds is 9. The van der Waals surface area contributed by atoms with Gasteiger partial charge in [0.2, 0.25) is 5.91 Å². The highest BCUT2D eigenvalue weighted by molar-refractivity contribution is 6.32. The Balaban J connectivity index is 1.36. The molecule has 4 rings (SSSR count). The molecule has 0 radical (unpaired) electrons. The van der Waals surface area contributed by atoms with Gasteiger partial charge in [-0.2, -0.15) is 0 Å². The SMILES string of the molecule is O=C(NCCc1nc2ccccc2n1CCCOc1ccccc1Cl)C1CCCO1. The molecule has 1 unspecified atom stereocenters. The number of amides is 1. The third-order valence-electron chi connectivity index (χ3n) is 5.22. The summed E-state index contributed by atoms with van der Waals surface area (Å²) in [7, 11) is 0. The highest BCUT2D eigenvalue weighted by atomic mass is 35.5. The van der Waals surface area contributed by atoms with Gasteiger partial charge in [0.1, 0.15) is 17.7 Å². The lowest BCUT2D eigenvalue weighted by Gasteiger charge is -2.12. The van der Waals surface area contributed by atoms with Crippen molar-refractivity contribution in [1.82, 2.24) is 14.9 Å². The number of imidazole rings is 1. The maximum atomic E-state index is 12.2. The Morgan fingerprint density at radius 2 is 2.07 bits per heavy atom. The smallest absolute Gasteiger partial charge is 0.249 e. The van der Waals surface area contributed by atoms with Crippen LogP contribution in [0, 0.1) is 0 Å². The van der Waals surface area contributed by atoms with Gasteiger partial charge in [0, 0.05) is 26.1 Å². The highest BCUT2D eigenvalue weighted by Crippen LogP contribution is 2.23. The van der Waals surface area contributed by atoms with Gasteiger partial charge in [0.15, 0.2) is 0 Å². The number of hydrogen-bond donors (Lipinski definition) is 1. The third kappa shape index (κ3) is 4.94. The minimum absolute atomic E-state index is 0.0247. The van der Waals surface area contributed by atoms with Gasteiger partial charge in [-0.3, -0.25) is 4.79 Å². The molecule has 158 valence electrons. The summed E-state index contributed by atoms with van der Waals surface area (Å²) in [6.07, 6.45) is 2.94. The van der Waals surface area contributed by atoms with E-state index in [0.717, 1.165) is 42.7 Å². The fourth-order valence-electron chi connectivity index (χ4n) is 3.73. The maximum Gasteiger partial charge on any atom is 0.249 e. The van der Waals surface area contributed by atoms with Crippen LogP contribution in [0.25, 0.3) is 11.0 Å². The van der Waals surface area contributed by atoms with Gasteiger partial charge in [-0.1, -0.05) is 35.9 Å². The second kappa shape index (κ2) is 9.96. The summed E-state index contributed by atoms with van der Waals surface area (Å²) >= 11 is 6.15. The second-order valence-electron chi connectivity index (χ2n) is 7.34. The van der Waals surface area contributed by atoms with E-state index in [1.807, 2.05) is 42.5 Å². The summed E-state index contributed by atoms with van der Waals surface area (Å²) in [6, 6.07) is 15.6. The van der Waals surface area contributed by atoms with Crippen molar-refractivity contribution in [3.05, 3.63) is 59.4 Å².